The lowest BCUT2D eigenvalue weighted by Gasteiger charge is -2.26. The van der Waals surface area contributed by atoms with Crippen molar-refractivity contribution in [2.24, 2.45) is 0 Å². The lowest BCUT2D eigenvalue weighted by atomic mass is 10.2. The van der Waals surface area contributed by atoms with E-state index in [0.29, 0.717) is 5.56 Å². The molecule has 0 saturated carbocycles. The molecule has 1 aromatic carbocycles. The van der Waals surface area contributed by atoms with Crippen LogP contribution in [0.25, 0.3) is 0 Å². The number of ether oxygens (including phenoxy) is 5. The van der Waals surface area contributed by atoms with Crippen molar-refractivity contribution in [3.63, 3.8) is 0 Å². The fourth-order valence-corrected chi connectivity index (χ4v) is 2.42. The Morgan fingerprint density at radius 1 is 0.920 bits per heavy atom. The zero-order valence-electron chi connectivity index (χ0n) is 15.1. The molecule has 0 spiro atoms. The highest BCUT2D eigenvalue weighted by molar-refractivity contribution is 5.86. The van der Waals surface area contributed by atoms with E-state index < -0.39 is 30.1 Å². The Morgan fingerprint density at radius 3 is 1.72 bits per heavy atom. The largest absolute Gasteiger partial charge is 0.461 e. The summed E-state index contributed by atoms with van der Waals surface area (Å²) < 4.78 is 27.3. The highest BCUT2D eigenvalue weighted by Crippen LogP contribution is 2.39. The zero-order valence-corrected chi connectivity index (χ0v) is 15.1. The molecule has 0 N–H and O–H groups in total. The molecule has 0 radical (unpaired) electrons. The van der Waals surface area contributed by atoms with Crippen molar-refractivity contribution in [2.75, 3.05) is 7.11 Å². The number of hydrogen-bond acceptors (Lipinski definition) is 7. The minimum atomic E-state index is -1.69. The Hall–Kier alpha value is -1.96. The summed E-state index contributed by atoms with van der Waals surface area (Å²) in [5, 5.41) is 0. The normalized spacial score (nSPS) is 22.2. The van der Waals surface area contributed by atoms with E-state index in [0.717, 1.165) is 0 Å². The Balaban J connectivity index is 2.34. The number of hydrogen-bond donors (Lipinski definition) is 0. The lowest BCUT2D eigenvalue weighted by Crippen LogP contribution is -2.40. The van der Waals surface area contributed by atoms with Gasteiger partial charge in [0.1, 0.15) is 0 Å². The summed E-state index contributed by atoms with van der Waals surface area (Å²) in [5.41, 5.74) is 0.514. The molecule has 1 aliphatic rings. The average Bonchev–Trinajstić information content (AvgIpc) is 2.96. The van der Waals surface area contributed by atoms with Gasteiger partial charge in [0.25, 0.3) is 0 Å². The monoisotopic (exact) mass is 352 g/mol. The van der Waals surface area contributed by atoms with Crippen molar-refractivity contribution in [1.29, 1.82) is 0 Å². The Labute approximate surface area is 147 Å². The molecular formula is C18H24O7. The molecule has 1 aromatic rings. The maximum atomic E-state index is 12.4. The molecule has 1 saturated heterocycles. The van der Waals surface area contributed by atoms with Crippen molar-refractivity contribution in [1.82, 2.24) is 0 Å². The minimum Gasteiger partial charge on any atom is -0.461 e. The summed E-state index contributed by atoms with van der Waals surface area (Å²) in [5.74, 6) is -3.12. The first kappa shape index (κ1) is 19.4. The second-order valence-electron chi connectivity index (χ2n) is 6.17. The van der Waals surface area contributed by atoms with Gasteiger partial charge in [-0.25, -0.2) is 9.59 Å². The second-order valence-corrected chi connectivity index (χ2v) is 6.17. The molecule has 7 nitrogen and oxygen atoms in total. The second kappa shape index (κ2) is 7.95. The van der Waals surface area contributed by atoms with Crippen LogP contribution < -0.4 is 0 Å². The van der Waals surface area contributed by atoms with Gasteiger partial charge in [-0.1, -0.05) is 30.3 Å². The van der Waals surface area contributed by atoms with Crippen LogP contribution in [0.4, 0.5) is 0 Å². The Kier molecular flexibility index (Phi) is 6.16. The van der Waals surface area contributed by atoms with Crippen molar-refractivity contribution >= 4 is 11.9 Å². The summed E-state index contributed by atoms with van der Waals surface area (Å²) in [6, 6.07) is 8.78. The lowest BCUT2D eigenvalue weighted by molar-refractivity contribution is -0.341. The van der Waals surface area contributed by atoms with Crippen LogP contribution >= 0.6 is 0 Å². The predicted octanol–water partition coefficient (Wildman–Crippen LogP) is 2.13. The van der Waals surface area contributed by atoms with Gasteiger partial charge in [-0.2, -0.15) is 0 Å². The van der Waals surface area contributed by atoms with Gasteiger partial charge in [-0.05, 0) is 27.7 Å². The standard InChI is InChI=1S/C18H24O7/c1-11(2)22-16(19)14-15(17(20)23-12(3)4)25-18(21-5,24-14)13-9-7-6-8-10-13/h6-12,14-15H,1-5H3/t14-,15-/m1/s1. The first-order valence-electron chi connectivity index (χ1n) is 8.16. The van der Waals surface area contributed by atoms with Crippen LogP contribution in [0.5, 0.6) is 0 Å². The number of rotatable bonds is 6. The van der Waals surface area contributed by atoms with Gasteiger partial charge in [0, 0.05) is 12.7 Å². The first-order valence-corrected chi connectivity index (χ1v) is 8.16. The van der Waals surface area contributed by atoms with Gasteiger partial charge in [-0.3, -0.25) is 0 Å². The van der Waals surface area contributed by atoms with Crippen molar-refractivity contribution < 1.29 is 33.3 Å². The van der Waals surface area contributed by atoms with Gasteiger partial charge in [0.2, 0.25) is 0 Å². The average molecular weight is 352 g/mol. The molecule has 138 valence electrons. The van der Waals surface area contributed by atoms with E-state index in [1.54, 1.807) is 52.0 Å². The molecule has 0 aliphatic carbocycles. The molecular weight excluding hydrogens is 328 g/mol. The summed E-state index contributed by atoms with van der Waals surface area (Å²) >= 11 is 0. The van der Waals surface area contributed by atoms with Crippen LogP contribution in [0.2, 0.25) is 0 Å². The Bertz CT molecular complexity index is 567. The van der Waals surface area contributed by atoms with Crippen LogP contribution in [0.15, 0.2) is 30.3 Å². The van der Waals surface area contributed by atoms with Crippen molar-refractivity contribution in [2.45, 2.75) is 58.1 Å². The van der Waals surface area contributed by atoms with Gasteiger partial charge in [0.15, 0.2) is 12.2 Å². The van der Waals surface area contributed by atoms with E-state index in [1.165, 1.54) is 7.11 Å². The third-order valence-corrected chi connectivity index (χ3v) is 3.40. The van der Waals surface area contributed by atoms with Crippen LogP contribution in [0.1, 0.15) is 33.3 Å². The maximum absolute atomic E-state index is 12.4. The number of benzene rings is 1. The zero-order chi connectivity index (χ0) is 18.6. The van der Waals surface area contributed by atoms with Crippen molar-refractivity contribution in [3.05, 3.63) is 35.9 Å². The summed E-state index contributed by atoms with van der Waals surface area (Å²) in [7, 11) is 1.37. The predicted molar refractivity (Wildman–Crippen MR) is 87.3 cm³/mol. The van der Waals surface area contributed by atoms with E-state index in [1.807, 2.05) is 6.07 Å². The molecule has 1 aliphatic heterocycles. The molecule has 2 atom stereocenters. The van der Waals surface area contributed by atoms with Gasteiger partial charge < -0.3 is 23.7 Å². The molecule has 0 bridgehead atoms. The van der Waals surface area contributed by atoms with E-state index in [4.69, 9.17) is 23.7 Å². The molecule has 7 heteroatoms. The quantitative estimate of drug-likeness (QED) is 0.726. The minimum absolute atomic E-state index is 0.368. The van der Waals surface area contributed by atoms with Crippen LogP contribution in [-0.4, -0.2) is 43.5 Å². The molecule has 0 aromatic heterocycles. The number of carbonyl (C=O) groups is 2. The molecule has 0 amide bonds. The van der Waals surface area contributed by atoms with Crippen LogP contribution in [0.3, 0.4) is 0 Å². The first-order chi connectivity index (χ1) is 11.8. The summed E-state index contributed by atoms with van der Waals surface area (Å²) in [6.07, 6.45) is -3.33. The molecule has 1 fully saturated rings. The van der Waals surface area contributed by atoms with E-state index in [-0.39, 0.29) is 12.2 Å². The van der Waals surface area contributed by atoms with E-state index in [2.05, 4.69) is 0 Å². The summed E-state index contributed by atoms with van der Waals surface area (Å²) in [4.78, 5) is 24.8. The van der Waals surface area contributed by atoms with E-state index >= 15 is 0 Å². The SMILES string of the molecule is COC1(c2ccccc2)O[C@@H](C(=O)OC(C)C)[C@H](C(=O)OC(C)C)O1. The smallest absolute Gasteiger partial charge is 0.339 e. The van der Waals surface area contributed by atoms with Gasteiger partial charge >= 0.3 is 17.9 Å². The highest BCUT2D eigenvalue weighted by Gasteiger charge is 2.57. The van der Waals surface area contributed by atoms with Crippen molar-refractivity contribution in [3.8, 4) is 0 Å². The van der Waals surface area contributed by atoms with Crippen LogP contribution in [0, 0.1) is 0 Å². The summed E-state index contributed by atoms with van der Waals surface area (Å²) in [6.45, 7) is 6.82. The van der Waals surface area contributed by atoms with Crippen LogP contribution in [-0.2, 0) is 39.2 Å². The molecule has 25 heavy (non-hydrogen) atoms. The topological polar surface area (TPSA) is 80.3 Å². The third-order valence-electron chi connectivity index (χ3n) is 3.40. The van der Waals surface area contributed by atoms with E-state index in [9.17, 15) is 9.59 Å². The molecule has 0 unspecified atom stereocenters. The number of carbonyl (C=O) groups excluding carboxylic acids is 2. The maximum Gasteiger partial charge on any atom is 0.339 e. The highest BCUT2D eigenvalue weighted by atomic mass is 16.9. The number of esters is 2. The fourth-order valence-electron chi connectivity index (χ4n) is 2.42. The Morgan fingerprint density at radius 2 is 1.36 bits per heavy atom. The van der Waals surface area contributed by atoms with Gasteiger partial charge in [-0.15, -0.1) is 0 Å². The van der Waals surface area contributed by atoms with Gasteiger partial charge in [0.05, 0.1) is 12.2 Å². The molecule has 1 heterocycles. The molecule has 2 rings (SSSR count). The number of methoxy groups -OCH3 is 1. The third kappa shape index (κ3) is 4.36. The fraction of sp³-hybridized carbons (Fsp3) is 0.556.